The first-order valence-electron chi connectivity index (χ1n) is 6.92. The minimum atomic E-state index is -0.176. The Labute approximate surface area is 119 Å². The molecule has 0 amide bonds. The summed E-state index contributed by atoms with van der Waals surface area (Å²) in [6, 6.07) is 3.91. The van der Waals surface area contributed by atoms with Crippen molar-refractivity contribution in [1.29, 1.82) is 0 Å². The van der Waals surface area contributed by atoms with E-state index in [1.807, 2.05) is 0 Å². The summed E-state index contributed by atoms with van der Waals surface area (Å²) in [5.74, 6) is -0.176. The Kier molecular flexibility index (Phi) is 5.20. The molecule has 1 fully saturated rings. The minimum Gasteiger partial charge on any atom is -0.314 e. The molecule has 0 aliphatic carbocycles. The lowest BCUT2D eigenvalue weighted by atomic mass is 10.1. The van der Waals surface area contributed by atoms with E-state index in [-0.39, 0.29) is 5.82 Å². The lowest BCUT2D eigenvalue weighted by molar-refractivity contribution is 0.305. The third-order valence-electron chi connectivity index (χ3n) is 3.79. The number of benzene rings is 1. The fraction of sp³-hybridized carbons (Fsp3) is 0.600. The van der Waals surface area contributed by atoms with Crippen LogP contribution in [-0.2, 0) is 6.54 Å². The van der Waals surface area contributed by atoms with Crippen molar-refractivity contribution in [3.63, 3.8) is 0 Å². The van der Waals surface area contributed by atoms with E-state index in [0.717, 1.165) is 25.1 Å². The summed E-state index contributed by atoms with van der Waals surface area (Å²) in [5, 5.41) is 4.15. The molecule has 1 aliphatic heterocycles. The predicted molar refractivity (Wildman–Crippen MR) is 78.1 cm³/mol. The molecule has 0 spiro atoms. The highest BCUT2D eigenvalue weighted by molar-refractivity contribution is 6.31. The Morgan fingerprint density at radius 3 is 2.95 bits per heavy atom. The van der Waals surface area contributed by atoms with Crippen molar-refractivity contribution in [1.82, 2.24) is 10.2 Å². The molecule has 0 saturated carbocycles. The fourth-order valence-corrected chi connectivity index (χ4v) is 2.84. The maximum Gasteiger partial charge on any atom is 0.126 e. The van der Waals surface area contributed by atoms with Crippen LogP contribution in [0.25, 0.3) is 0 Å². The van der Waals surface area contributed by atoms with Gasteiger partial charge in [-0.25, -0.2) is 4.39 Å². The largest absolute Gasteiger partial charge is 0.314 e. The summed E-state index contributed by atoms with van der Waals surface area (Å²) in [6.45, 7) is 4.58. The van der Waals surface area contributed by atoms with E-state index in [4.69, 9.17) is 11.6 Å². The van der Waals surface area contributed by atoms with Crippen molar-refractivity contribution in [2.45, 2.75) is 38.8 Å². The highest BCUT2D eigenvalue weighted by Crippen LogP contribution is 2.22. The second kappa shape index (κ2) is 6.69. The minimum absolute atomic E-state index is 0.176. The highest BCUT2D eigenvalue weighted by atomic mass is 35.5. The molecule has 1 aromatic carbocycles. The molecule has 0 radical (unpaired) electrons. The van der Waals surface area contributed by atoms with E-state index >= 15 is 0 Å². The molecule has 2 nitrogen and oxygen atoms in total. The Balaban J connectivity index is 1.87. The van der Waals surface area contributed by atoms with Crippen LogP contribution in [0, 0.1) is 12.7 Å². The van der Waals surface area contributed by atoms with Gasteiger partial charge < -0.3 is 10.2 Å². The van der Waals surface area contributed by atoms with Crippen LogP contribution < -0.4 is 5.32 Å². The van der Waals surface area contributed by atoms with Crippen LogP contribution in [0.5, 0.6) is 0 Å². The second-order valence-electron chi connectivity index (χ2n) is 5.51. The smallest absolute Gasteiger partial charge is 0.126 e. The van der Waals surface area contributed by atoms with Crippen molar-refractivity contribution < 1.29 is 4.39 Å². The Morgan fingerprint density at radius 1 is 1.47 bits per heavy atom. The molecule has 1 heterocycles. The molecule has 0 aromatic heterocycles. The molecule has 2 rings (SSSR count). The van der Waals surface area contributed by atoms with Gasteiger partial charge in [0.1, 0.15) is 5.82 Å². The fourth-order valence-electron chi connectivity index (χ4n) is 2.56. The predicted octanol–water partition coefficient (Wildman–Crippen LogP) is 3.36. The van der Waals surface area contributed by atoms with Crippen LogP contribution in [0.2, 0.25) is 5.02 Å². The maximum atomic E-state index is 13.6. The first-order chi connectivity index (χ1) is 9.06. The van der Waals surface area contributed by atoms with Crippen LogP contribution in [0.4, 0.5) is 4.39 Å². The molecular formula is C15H22ClFN2. The molecule has 1 unspecified atom stereocenters. The summed E-state index contributed by atoms with van der Waals surface area (Å²) in [5.41, 5.74) is 1.47. The van der Waals surface area contributed by atoms with Crippen molar-refractivity contribution in [2.75, 3.05) is 20.1 Å². The Morgan fingerprint density at radius 2 is 2.26 bits per heavy atom. The van der Waals surface area contributed by atoms with Gasteiger partial charge in [-0.2, -0.15) is 0 Å². The van der Waals surface area contributed by atoms with Crippen molar-refractivity contribution in [3.05, 3.63) is 34.1 Å². The monoisotopic (exact) mass is 284 g/mol. The van der Waals surface area contributed by atoms with Gasteiger partial charge in [-0.3, -0.25) is 0 Å². The molecule has 1 N–H and O–H groups in total. The van der Waals surface area contributed by atoms with E-state index in [9.17, 15) is 4.39 Å². The van der Waals surface area contributed by atoms with Gasteiger partial charge in [0.2, 0.25) is 0 Å². The summed E-state index contributed by atoms with van der Waals surface area (Å²) in [6.07, 6.45) is 3.69. The van der Waals surface area contributed by atoms with Gasteiger partial charge in [0.25, 0.3) is 0 Å². The Hall–Kier alpha value is -0.640. The first kappa shape index (κ1) is 14.8. The van der Waals surface area contributed by atoms with Gasteiger partial charge in [0, 0.05) is 17.6 Å². The summed E-state index contributed by atoms with van der Waals surface area (Å²) in [7, 11) is 2.06. The molecule has 1 aromatic rings. The number of nitrogens with one attached hydrogen (secondary N) is 1. The van der Waals surface area contributed by atoms with E-state index in [1.165, 1.54) is 12.8 Å². The molecule has 106 valence electrons. The molecule has 1 saturated heterocycles. The average molecular weight is 285 g/mol. The summed E-state index contributed by atoms with van der Waals surface area (Å²) >= 11 is 6.17. The van der Waals surface area contributed by atoms with Crippen molar-refractivity contribution >= 4 is 11.6 Å². The second-order valence-corrected chi connectivity index (χ2v) is 5.92. The number of hydrogen-bond acceptors (Lipinski definition) is 2. The zero-order valence-corrected chi connectivity index (χ0v) is 12.4. The number of hydrogen-bond donors (Lipinski definition) is 1. The summed E-state index contributed by atoms with van der Waals surface area (Å²) in [4.78, 5) is 2.20. The van der Waals surface area contributed by atoms with Gasteiger partial charge in [-0.1, -0.05) is 11.6 Å². The van der Waals surface area contributed by atoms with Gasteiger partial charge >= 0.3 is 0 Å². The number of nitrogens with zero attached hydrogens (tertiary/aromatic N) is 1. The highest BCUT2D eigenvalue weighted by Gasteiger charge is 2.15. The lowest BCUT2D eigenvalue weighted by Gasteiger charge is -2.20. The van der Waals surface area contributed by atoms with Gasteiger partial charge in [0.15, 0.2) is 0 Å². The van der Waals surface area contributed by atoms with Crippen molar-refractivity contribution in [3.8, 4) is 0 Å². The molecule has 19 heavy (non-hydrogen) atoms. The molecule has 1 atom stereocenters. The third-order valence-corrected chi connectivity index (χ3v) is 4.14. The van der Waals surface area contributed by atoms with E-state index in [1.54, 1.807) is 19.1 Å². The van der Waals surface area contributed by atoms with Crippen molar-refractivity contribution in [2.24, 2.45) is 0 Å². The van der Waals surface area contributed by atoms with Gasteiger partial charge in [0.05, 0.1) is 0 Å². The topological polar surface area (TPSA) is 15.3 Å². The van der Waals surface area contributed by atoms with E-state index in [0.29, 0.717) is 23.2 Å². The summed E-state index contributed by atoms with van der Waals surface area (Å²) < 4.78 is 13.6. The van der Waals surface area contributed by atoms with Gasteiger partial charge in [-0.15, -0.1) is 0 Å². The standard InChI is InChI=1S/C15H22ClFN2/c1-11-8-14(16)12(9-15(11)17)10-19(2)7-5-13-4-3-6-18-13/h8-9,13,18H,3-7,10H2,1-2H3. The zero-order valence-electron chi connectivity index (χ0n) is 11.7. The van der Waals surface area contributed by atoms with Crippen LogP contribution in [0.15, 0.2) is 12.1 Å². The zero-order chi connectivity index (χ0) is 13.8. The third kappa shape index (κ3) is 4.16. The molecular weight excluding hydrogens is 263 g/mol. The van der Waals surface area contributed by atoms with E-state index in [2.05, 4.69) is 17.3 Å². The normalized spacial score (nSPS) is 19.3. The number of halogens is 2. The SMILES string of the molecule is Cc1cc(Cl)c(CN(C)CCC2CCCN2)cc1F. The molecule has 4 heteroatoms. The molecule has 1 aliphatic rings. The van der Waals surface area contributed by atoms with Crippen LogP contribution in [0.1, 0.15) is 30.4 Å². The number of aryl methyl sites for hydroxylation is 1. The van der Waals surface area contributed by atoms with Crippen LogP contribution >= 0.6 is 11.6 Å². The van der Waals surface area contributed by atoms with Crippen LogP contribution in [0.3, 0.4) is 0 Å². The Bertz CT molecular complexity index is 430. The quantitative estimate of drug-likeness (QED) is 0.892. The maximum absolute atomic E-state index is 13.6. The molecule has 0 bridgehead atoms. The van der Waals surface area contributed by atoms with Gasteiger partial charge in [-0.05, 0) is 69.6 Å². The first-order valence-corrected chi connectivity index (χ1v) is 7.30. The van der Waals surface area contributed by atoms with E-state index < -0.39 is 0 Å². The van der Waals surface area contributed by atoms with Crippen LogP contribution in [-0.4, -0.2) is 31.1 Å². The number of rotatable bonds is 5. The lowest BCUT2D eigenvalue weighted by Crippen LogP contribution is -2.28. The average Bonchev–Trinajstić information content (AvgIpc) is 2.86.